The number of ether oxygens (including phenoxy) is 1. The van der Waals surface area contributed by atoms with Crippen molar-refractivity contribution in [2.45, 2.75) is 43.1 Å². The first-order valence-corrected chi connectivity index (χ1v) is 7.22. The lowest BCUT2D eigenvalue weighted by Gasteiger charge is -2.07. The minimum atomic E-state index is -0.0452. The van der Waals surface area contributed by atoms with E-state index in [0.717, 1.165) is 25.1 Å². The quantitative estimate of drug-likeness (QED) is 0.888. The van der Waals surface area contributed by atoms with Crippen molar-refractivity contribution in [3.05, 3.63) is 11.7 Å². The van der Waals surface area contributed by atoms with Gasteiger partial charge in [0.05, 0.1) is 11.4 Å². The highest BCUT2D eigenvalue weighted by molar-refractivity contribution is 7.99. The molecule has 2 aliphatic rings. The van der Waals surface area contributed by atoms with Crippen molar-refractivity contribution < 1.29 is 9.26 Å². The fraction of sp³-hybridized carbons (Fsp3) is 0.818. The topological polar surface area (TPSA) is 74.2 Å². The van der Waals surface area contributed by atoms with Crippen molar-refractivity contribution in [2.75, 3.05) is 12.3 Å². The van der Waals surface area contributed by atoms with E-state index < -0.39 is 0 Å². The second-order valence-corrected chi connectivity index (χ2v) is 5.86. The number of hydrogen-bond acceptors (Lipinski definition) is 6. The fourth-order valence-corrected chi connectivity index (χ4v) is 3.55. The van der Waals surface area contributed by atoms with E-state index in [1.165, 1.54) is 12.2 Å². The molecule has 1 aromatic heterocycles. The Labute approximate surface area is 104 Å². The normalized spacial score (nSPS) is 33.4. The number of nitrogens with two attached hydrogens (primary N) is 1. The van der Waals surface area contributed by atoms with Gasteiger partial charge in [0.25, 0.3) is 5.89 Å². The minimum absolute atomic E-state index is 0.0452. The van der Waals surface area contributed by atoms with E-state index in [1.54, 1.807) is 0 Å². The molecule has 3 rings (SSSR count). The minimum Gasteiger partial charge on any atom is -0.364 e. The van der Waals surface area contributed by atoms with Crippen molar-refractivity contribution in [3.8, 4) is 0 Å². The molecule has 6 heteroatoms. The molecule has 2 aliphatic heterocycles. The zero-order valence-electron chi connectivity index (χ0n) is 9.67. The highest BCUT2D eigenvalue weighted by atomic mass is 32.2. The summed E-state index contributed by atoms with van der Waals surface area (Å²) in [6, 6.07) is 0. The van der Waals surface area contributed by atoms with E-state index in [-0.39, 0.29) is 12.2 Å². The van der Waals surface area contributed by atoms with Crippen LogP contribution in [0.3, 0.4) is 0 Å². The van der Waals surface area contributed by atoms with Crippen LogP contribution in [0.1, 0.15) is 48.8 Å². The molecule has 1 aromatic rings. The molecule has 5 nitrogen and oxygen atoms in total. The highest BCUT2D eigenvalue weighted by Gasteiger charge is 2.31. The Balaban J connectivity index is 1.68. The van der Waals surface area contributed by atoms with Gasteiger partial charge in [-0.15, -0.1) is 0 Å². The van der Waals surface area contributed by atoms with Crippen LogP contribution in [0.2, 0.25) is 0 Å². The summed E-state index contributed by atoms with van der Waals surface area (Å²) in [7, 11) is 0. The summed E-state index contributed by atoms with van der Waals surface area (Å²) >= 11 is 1.91. The summed E-state index contributed by atoms with van der Waals surface area (Å²) in [6.45, 7) is 0.565. The van der Waals surface area contributed by atoms with Gasteiger partial charge in [0.2, 0.25) is 0 Å². The Morgan fingerprint density at radius 1 is 1.35 bits per heavy atom. The lowest BCUT2D eigenvalue weighted by atomic mass is 10.2. The number of thioether (sulfide) groups is 1. The van der Waals surface area contributed by atoms with Crippen LogP contribution in [0.25, 0.3) is 0 Å². The summed E-state index contributed by atoms with van der Waals surface area (Å²) in [5, 5.41) is 4.49. The second-order valence-electron chi connectivity index (χ2n) is 4.55. The lowest BCUT2D eigenvalue weighted by Crippen LogP contribution is -2.18. The van der Waals surface area contributed by atoms with Crippen molar-refractivity contribution in [1.29, 1.82) is 0 Å². The van der Waals surface area contributed by atoms with Gasteiger partial charge in [-0.25, -0.2) is 0 Å². The van der Waals surface area contributed by atoms with Gasteiger partial charge in [0, 0.05) is 6.54 Å². The predicted molar refractivity (Wildman–Crippen MR) is 64.6 cm³/mol. The van der Waals surface area contributed by atoms with Crippen LogP contribution < -0.4 is 5.73 Å². The molecular weight excluding hydrogens is 238 g/mol. The van der Waals surface area contributed by atoms with E-state index in [4.69, 9.17) is 15.0 Å². The summed E-state index contributed by atoms with van der Waals surface area (Å²) in [5.74, 6) is 2.66. The van der Waals surface area contributed by atoms with Gasteiger partial charge >= 0.3 is 0 Å². The molecule has 0 spiro atoms. The fourth-order valence-electron chi connectivity index (χ4n) is 2.35. The lowest BCUT2D eigenvalue weighted by molar-refractivity contribution is 0.0307. The predicted octanol–water partition coefficient (Wildman–Crippen LogP) is 1.82. The molecule has 3 unspecified atom stereocenters. The third-order valence-corrected chi connectivity index (χ3v) is 4.69. The van der Waals surface area contributed by atoms with Crippen molar-refractivity contribution in [3.63, 3.8) is 0 Å². The molecule has 17 heavy (non-hydrogen) atoms. The number of hydrogen-bond donors (Lipinski definition) is 1. The van der Waals surface area contributed by atoms with Crippen LogP contribution in [-0.2, 0) is 4.74 Å². The maximum absolute atomic E-state index is 5.74. The molecule has 0 radical (unpaired) electrons. The van der Waals surface area contributed by atoms with Crippen molar-refractivity contribution >= 4 is 11.8 Å². The third-order valence-electron chi connectivity index (χ3n) is 3.32. The molecule has 2 saturated heterocycles. The largest absolute Gasteiger partial charge is 0.364 e. The molecule has 0 saturated carbocycles. The van der Waals surface area contributed by atoms with Crippen LogP contribution in [-0.4, -0.2) is 28.5 Å². The average molecular weight is 255 g/mol. The second kappa shape index (κ2) is 4.96. The molecule has 0 bridgehead atoms. The van der Waals surface area contributed by atoms with Gasteiger partial charge in [-0.2, -0.15) is 16.7 Å². The summed E-state index contributed by atoms with van der Waals surface area (Å²) < 4.78 is 11.1. The van der Waals surface area contributed by atoms with E-state index in [9.17, 15) is 0 Å². The van der Waals surface area contributed by atoms with Gasteiger partial charge in [-0.1, -0.05) is 5.16 Å². The molecule has 2 N–H and O–H groups in total. The first kappa shape index (κ1) is 11.5. The summed E-state index contributed by atoms with van der Waals surface area (Å²) in [6.07, 6.45) is 4.42. The number of rotatable bonds is 3. The molecule has 0 aliphatic carbocycles. The van der Waals surface area contributed by atoms with Crippen LogP contribution in [0.5, 0.6) is 0 Å². The highest BCUT2D eigenvalue weighted by Crippen LogP contribution is 2.39. The molecule has 94 valence electrons. The van der Waals surface area contributed by atoms with Crippen LogP contribution in [0.4, 0.5) is 0 Å². The average Bonchev–Trinajstić information content (AvgIpc) is 3.09. The van der Waals surface area contributed by atoms with Gasteiger partial charge in [-0.05, 0) is 31.4 Å². The monoisotopic (exact) mass is 255 g/mol. The Morgan fingerprint density at radius 2 is 2.29 bits per heavy atom. The first-order valence-electron chi connectivity index (χ1n) is 6.17. The molecule has 0 aromatic carbocycles. The third kappa shape index (κ3) is 2.34. The van der Waals surface area contributed by atoms with E-state index in [0.29, 0.717) is 17.7 Å². The number of nitrogens with zero attached hydrogens (tertiary/aromatic N) is 2. The van der Waals surface area contributed by atoms with Crippen LogP contribution in [0, 0.1) is 0 Å². The number of aromatic nitrogens is 2. The Kier molecular flexibility index (Phi) is 3.35. The van der Waals surface area contributed by atoms with Gasteiger partial charge in [0.15, 0.2) is 5.82 Å². The Bertz CT molecular complexity index is 379. The molecule has 3 atom stereocenters. The van der Waals surface area contributed by atoms with Crippen molar-refractivity contribution in [2.24, 2.45) is 5.73 Å². The summed E-state index contributed by atoms with van der Waals surface area (Å²) in [5.41, 5.74) is 5.58. The molecule has 2 fully saturated rings. The standard InChI is InChI=1S/C11H17N3O2S/c12-6-7-3-4-8(15-7)11-13-10(14-16-11)9-2-1-5-17-9/h7-9H,1-6,12H2. The van der Waals surface area contributed by atoms with E-state index in [1.807, 2.05) is 11.8 Å². The smallest absolute Gasteiger partial charge is 0.255 e. The Hall–Kier alpha value is -0.590. The molecule has 0 amide bonds. The van der Waals surface area contributed by atoms with Gasteiger partial charge in [-0.3, -0.25) is 0 Å². The first-order chi connectivity index (χ1) is 8.36. The van der Waals surface area contributed by atoms with Crippen LogP contribution in [0.15, 0.2) is 4.52 Å². The van der Waals surface area contributed by atoms with Crippen LogP contribution >= 0.6 is 11.8 Å². The maximum Gasteiger partial charge on any atom is 0.255 e. The van der Waals surface area contributed by atoms with E-state index >= 15 is 0 Å². The molecule has 3 heterocycles. The van der Waals surface area contributed by atoms with E-state index in [2.05, 4.69) is 10.1 Å². The Morgan fingerprint density at radius 3 is 3.00 bits per heavy atom. The maximum atomic E-state index is 5.74. The van der Waals surface area contributed by atoms with Gasteiger partial charge < -0.3 is 15.0 Å². The zero-order chi connectivity index (χ0) is 11.7. The summed E-state index contributed by atoms with van der Waals surface area (Å²) in [4.78, 5) is 4.48. The van der Waals surface area contributed by atoms with Crippen molar-refractivity contribution in [1.82, 2.24) is 10.1 Å². The van der Waals surface area contributed by atoms with Gasteiger partial charge in [0.1, 0.15) is 6.10 Å². The SMILES string of the molecule is NCC1CCC(c2nc(C3CCCS3)no2)O1. The zero-order valence-corrected chi connectivity index (χ0v) is 10.5. The molecular formula is C11H17N3O2S.